The lowest BCUT2D eigenvalue weighted by atomic mass is 10.3. The lowest BCUT2D eigenvalue weighted by Crippen LogP contribution is -2.46. The Kier molecular flexibility index (Phi) is 5.32. The lowest BCUT2D eigenvalue weighted by molar-refractivity contribution is 0.138. The van der Waals surface area contributed by atoms with Gasteiger partial charge in [0, 0.05) is 39.1 Å². The van der Waals surface area contributed by atoms with Crippen LogP contribution in [-0.4, -0.2) is 54.1 Å². The van der Waals surface area contributed by atoms with Gasteiger partial charge in [-0.1, -0.05) is 13.8 Å². The molecule has 104 valence electrons. The van der Waals surface area contributed by atoms with Gasteiger partial charge in [-0.3, -0.25) is 0 Å². The van der Waals surface area contributed by atoms with E-state index in [2.05, 4.69) is 34.7 Å². The first-order valence-corrected chi connectivity index (χ1v) is 7.91. The smallest absolute Gasteiger partial charge is 0.128 e. The van der Waals surface area contributed by atoms with Gasteiger partial charge < -0.3 is 9.80 Å². The summed E-state index contributed by atoms with van der Waals surface area (Å²) in [5, 5.41) is 10.2. The zero-order valence-corrected chi connectivity index (χ0v) is 12.7. The summed E-state index contributed by atoms with van der Waals surface area (Å²) in [6.45, 7) is 11.2. The molecule has 1 fully saturated rings. The number of likely N-dealkylation sites (N-methyl/N-ethyl adjacent to an activating group) is 1. The Bertz CT molecular complexity index is 441. The number of hydrogen-bond acceptors (Lipinski definition) is 5. The summed E-state index contributed by atoms with van der Waals surface area (Å²) in [4.78, 5) is 10.4. The average molecular weight is 278 g/mol. The number of aryl methyl sites for hydroxylation is 1. The van der Waals surface area contributed by atoms with Gasteiger partial charge in [0.05, 0.1) is 10.7 Å². The molecule has 0 saturated carbocycles. The van der Waals surface area contributed by atoms with E-state index in [4.69, 9.17) is 5.26 Å². The fourth-order valence-electron chi connectivity index (χ4n) is 2.42. The van der Waals surface area contributed by atoms with Crippen molar-refractivity contribution in [2.24, 2.45) is 0 Å². The van der Waals surface area contributed by atoms with E-state index in [1.54, 1.807) is 11.3 Å². The van der Waals surface area contributed by atoms with Crippen LogP contribution in [0.3, 0.4) is 0 Å². The molecule has 1 saturated heterocycles. The fraction of sp³-hybridized carbons (Fsp3) is 0.714. The third-order valence-corrected chi connectivity index (χ3v) is 4.79. The molecule has 0 unspecified atom stereocenters. The molecule has 19 heavy (non-hydrogen) atoms. The molecule has 1 aliphatic rings. The summed E-state index contributed by atoms with van der Waals surface area (Å²) in [5.74, 6) is 0. The van der Waals surface area contributed by atoms with Crippen LogP contribution in [0.2, 0.25) is 0 Å². The molecule has 1 aliphatic heterocycles. The van der Waals surface area contributed by atoms with Crippen molar-refractivity contribution in [2.45, 2.75) is 26.7 Å². The van der Waals surface area contributed by atoms with Crippen molar-refractivity contribution in [3.05, 3.63) is 15.6 Å². The maximum atomic E-state index is 9.04. The third kappa shape index (κ3) is 3.75. The van der Waals surface area contributed by atoms with Crippen LogP contribution < -0.4 is 0 Å². The van der Waals surface area contributed by atoms with E-state index in [1.165, 1.54) is 13.1 Å². The third-order valence-electron chi connectivity index (χ3n) is 3.73. The van der Waals surface area contributed by atoms with Gasteiger partial charge in [0.25, 0.3) is 0 Å². The molecule has 0 aliphatic carbocycles. The first-order chi connectivity index (χ1) is 9.26. The van der Waals surface area contributed by atoms with E-state index in [0.717, 1.165) is 54.6 Å². The molecule has 2 rings (SSSR count). The maximum absolute atomic E-state index is 9.04. The van der Waals surface area contributed by atoms with Crippen LogP contribution in [0.4, 0.5) is 0 Å². The normalized spacial score (nSPS) is 17.5. The predicted molar refractivity (Wildman–Crippen MR) is 78.5 cm³/mol. The van der Waals surface area contributed by atoms with Crippen LogP contribution in [0.15, 0.2) is 0 Å². The molecule has 2 heterocycles. The molecule has 0 atom stereocenters. The second kappa shape index (κ2) is 6.99. The fourth-order valence-corrected chi connectivity index (χ4v) is 3.36. The van der Waals surface area contributed by atoms with Crippen LogP contribution in [0.25, 0.3) is 0 Å². The zero-order valence-electron chi connectivity index (χ0n) is 11.9. The molecule has 0 spiro atoms. The monoisotopic (exact) mass is 278 g/mol. The molecule has 1 aromatic heterocycles. The molecule has 0 aromatic carbocycles. The molecule has 0 amide bonds. The van der Waals surface area contributed by atoms with Gasteiger partial charge in [0.1, 0.15) is 10.9 Å². The Balaban J connectivity index is 1.83. The van der Waals surface area contributed by atoms with Gasteiger partial charge in [0.2, 0.25) is 0 Å². The highest BCUT2D eigenvalue weighted by molar-refractivity contribution is 7.12. The van der Waals surface area contributed by atoms with E-state index in [9.17, 15) is 0 Å². The minimum Gasteiger partial charge on any atom is -0.301 e. The highest BCUT2D eigenvalue weighted by Gasteiger charge is 2.16. The summed E-state index contributed by atoms with van der Waals surface area (Å²) in [6.07, 6.45) is 1.83. The minimum atomic E-state index is 0.799. The van der Waals surface area contributed by atoms with Gasteiger partial charge in [0.15, 0.2) is 0 Å². The van der Waals surface area contributed by atoms with Crippen molar-refractivity contribution in [1.82, 2.24) is 14.8 Å². The second-order valence-electron chi connectivity index (χ2n) is 4.87. The molecule has 1 aromatic rings. The first-order valence-electron chi connectivity index (χ1n) is 7.10. The largest absolute Gasteiger partial charge is 0.301 e. The number of rotatable bonds is 5. The quantitative estimate of drug-likeness (QED) is 0.823. The first kappa shape index (κ1) is 14.4. The SMILES string of the molecule is CCc1nc(CCN2CCN(CC)CC2)sc1C#N. The number of piperazine rings is 1. The molecule has 4 nitrogen and oxygen atoms in total. The van der Waals surface area contributed by atoms with Crippen molar-refractivity contribution in [3.63, 3.8) is 0 Å². The number of nitrogens with zero attached hydrogens (tertiary/aromatic N) is 4. The summed E-state index contributed by atoms with van der Waals surface area (Å²) >= 11 is 1.57. The Morgan fingerprint density at radius 1 is 1.21 bits per heavy atom. The van der Waals surface area contributed by atoms with Crippen LogP contribution >= 0.6 is 11.3 Å². The number of aromatic nitrogens is 1. The van der Waals surface area contributed by atoms with E-state index in [1.807, 2.05) is 0 Å². The number of nitriles is 1. The summed E-state index contributed by atoms with van der Waals surface area (Å²) in [5.41, 5.74) is 0.971. The van der Waals surface area contributed by atoms with Gasteiger partial charge in [-0.15, -0.1) is 11.3 Å². The van der Waals surface area contributed by atoms with Crippen molar-refractivity contribution in [2.75, 3.05) is 39.3 Å². The van der Waals surface area contributed by atoms with Crippen molar-refractivity contribution < 1.29 is 0 Å². The summed E-state index contributed by atoms with van der Waals surface area (Å²) in [6, 6.07) is 2.25. The van der Waals surface area contributed by atoms with Crippen molar-refractivity contribution in [3.8, 4) is 6.07 Å². The van der Waals surface area contributed by atoms with Crippen LogP contribution in [0, 0.1) is 11.3 Å². The summed E-state index contributed by atoms with van der Waals surface area (Å²) < 4.78 is 0. The number of thiazole rings is 1. The minimum absolute atomic E-state index is 0.799. The van der Waals surface area contributed by atoms with Crippen LogP contribution in [0.1, 0.15) is 29.4 Å². The zero-order chi connectivity index (χ0) is 13.7. The Labute approximate surface area is 119 Å². The van der Waals surface area contributed by atoms with E-state index < -0.39 is 0 Å². The highest BCUT2D eigenvalue weighted by Crippen LogP contribution is 2.19. The Morgan fingerprint density at radius 3 is 2.42 bits per heavy atom. The molecule has 0 bridgehead atoms. The number of hydrogen-bond donors (Lipinski definition) is 0. The van der Waals surface area contributed by atoms with Gasteiger partial charge >= 0.3 is 0 Å². The average Bonchev–Trinajstić information content (AvgIpc) is 2.88. The van der Waals surface area contributed by atoms with E-state index >= 15 is 0 Å². The lowest BCUT2D eigenvalue weighted by Gasteiger charge is -2.33. The van der Waals surface area contributed by atoms with Gasteiger partial charge in [-0.2, -0.15) is 5.26 Å². The predicted octanol–water partition coefficient (Wildman–Crippen LogP) is 1.76. The molecule has 5 heteroatoms. The Morgan fingerprint density at radius 2 is 1.89 bits per heavy atom. The van der Waals surface area contributed by atoms with Gasteiger partial charge in [-0.25, -0.2) is 4.98 Å². The molecule has 0 radical (unpaired) electrons. The molecule has 0 N–H and O–H groups in total. The highest BCUT2D eigenvalue weighted by atomic mass is 32.1. The van der Waals surface area contributed by atoms with Crippen LogP contribution in [-0.2, 0) is 12.8 Å². The van der Waals surface area contributed by atoms with Crippen molar-refractivity contribution >= 4 is 11.3 Å². The maximum Gasteiger partial charge on any atom is 0.128 e. The second-order valence-corrected chi connectivity index (χ2v) is 5.96. The van der Waals surface area contributed by atoms with E-state index in [0.29, 0.717) is 0 Å². The molecular formula is C14H22N4S. The van der Waals surface area contributed by atoms with Crippen molar-refractivity contribution in [1.29, 1.82) is 5.26 Å². The Hall–Kier alpha value is -0.960. The standard InChI is InChI=1S/C14H22N4S/c1-3-12-13(11-15)19-14(16-12)5-6-18-9-7-17(4-2)8-10-18/h3-10H2,1-2H3. The molecular weight excluding hydrogens is 256 g/mol. The van der Waals surface area contributed by atoms with Gasteiger partial charge in [-0.05, 0) is 13.0 Å². The summed E-state index contributed by atoms with van der Waals surface area (Å²) in [7, 11) is 0. The topological polar surface area (TPSA) is 43.2 Å². The van der Waals surface area contributed by atoms with E-state index in [-0.39, 0.29) is 0 Å². The van der Waals surface area contributed by atoms with Crippen LogP contribution in [0.5, 0.6) is 0 Å².